The van der Waals surface area contributed by atoms with Crippen molar-refractivity contribution in [1.29, 1.82) is 0 Å². The molecule has 0 fully saturated rings. The molecule has 0 aromatic carbocycles. The number of carbonyl (C=O) groups is 3. The van der Waals surface area contributed by atoms with E-state index in [-0.39, 0.29) is 24.3 Å². The third-order valence-corrected chi connectivity index (χ3v) is 3.36. The highest BCUT2D eigenvalue weighted by molar-refractivity contribution is 6.03. The van der Waals surface area contributed by atoms with E-state index in [9.17, 15) is 27.6 Å². The molecule has 13 heteroatoms. The minimum Gasteiger partial charge on any atom is -0.477 e. The number of carbonyl (C=O) groups excluding carboxylic acids is 2. The van der Waals surface area contributed by atoms with Gasteiger partial charge in [-0.05, 0) is 6.07 Å². The van der Waals surface area contributed by atoms with Gasteiger partial charge in [0.25, 0.3) is 5.91 Å². The molecule has 0 aliphatic carbocycles. The van der Waals surface area contributed by atoms with Crippen LogP contribution in [0.5, 0.6) is 0 Å². The highest BCUT2D eigenvalue weighted by atomic mass is 19.4. The summed E-state index contributed by atoms with van der Waals surface area (Å²) in [5.74, 6) is -2.60. The molecule has 0 spiro atoms. The van der Waals surface area contributed by atoms with Crippen LogP contribution in [0.1, 0.15) is 26.5 Å². The summed E-state index contributed by atoms with van der Waals surface area (Å²) in [6.45, 7) is -0.456. The van der Waals surface area contributed by atoms with Crippen molar-refractivity contribution in [3.05, 3.63) is 35.4 Å². The van der Waals surface area contributed by atoms with Gasteiger partial charge >= 0.3 is 12.1 Å². The van der Waals surface area contributed by atoms with Gasteiger partial charge < -0.3 is 15.7 Å². The zero-order valence-electron chi connectivity index (χ0n) is 13.9. The molecule has 146 valence electrons. The van der Waals surface area contributed by atoms with Crippen molar-refractivity contribution in [1.82, 2.24) is 30.2 Å². The third-order valence-electron chi connectivity index (χ3n) is 3.36. The fourth-order valence-electron chi connectivity index (χ4n) is 2.13. The maximum absolute atomic E-state index is 12.4. The van der Waals surface area contributed by atoms with Gasteiger partial charge in [-0.25, -0.2) is 4.79 Å². The van der Waals surface area contributed by atoms with Crippen LogP contribution in [-0.2, 0) is 24.6 Å². The van der Waals surface area contributed by atoms with E-state index >= 15 is 0 Å². The number of aryl methyl sites for hydroxylation is 1. The Morgan fingerprint density at radius 2 is 1.89 bits per heavy atom. The second-order valence-corrected chi connectivity index (χ2v) is 5.34. The molecule has 10 nitrogen and oxygen atoms in total. The van der Waals surface area contributed by atoms with Gasteiger partial charge in [0, 0.05) is 26.3 Å². The number of alkyl halides is 3. The fraction of sp³-hybridized carbons (Fsp3) is 0.357. The monoisotopic (exact) mass is 388 g/mol. The first kappa shape index (κ1) is 19.9. The van der Waals surface area contributed by atoms with Crippen LogP contribution in [0.4, 0.5) is 13.2 Å². The van der Waals surface area contributed by atoms with Crippen molar-refractivity contribution in [2.24, 2.45) is 7.05 Å². The van der Waals surface area contributed by atoms with E-state index in [1.165, 1.54) is 7.05 Å². The number of aromatic nitrogens is 4. The van der Waals surface area contributed by atoms with E-state index in [0.29, 0.717) is 0 Å². The quantitative estimate of drug-likeness (QED) is 0.567. The van der Waals surface area contributed by atoms with Crippen LogP contribution >= 0.6 is 0 Å². The Hall–Kier alpha value is -3.38. The molecule has 3 N–H and O–H groups in total. The van der Waals surface area contributed by atoms with Crippen LogP contribution in [0, 0.1) is 0 Å². The Morgan fingerprint density at radius 1 is 1.22 bits per heavy atom. The summed E-state index contributed by atoms with van der Waals surface area (Å²) in [6, 6.07) is 0.751. The van der Waals surface area contributed by atoms with Crippen molar-refractivity contribution in [3.63, 3.8) is 0 Å². The van der Waals surface area contributed by atoms with E-state index < -0.39 is 36.2 Å². The lowest BCUT2D eigenvalue weighted by molar-refractivity contribution is -0.141. The Morgan fingerprint density at radius 3 is 2.48 bits per heavy atom. The molecule has 2 amide bonds. The number of carboxylic acid groups (broad SMARTS) is 1. The molecule has 0 atom stereocenters. The van der Waals surface area contributed by atoms with E-state index in [0.717, 1.165) is 27.8 Å². The Balaban J connectivity index is 1.78. The molecule has 27 heavy (non-hydrogen) atoms. The average molecular weight is 388 g/mol. The van der Waals surface area contributed by atoms with Gasteiger partial charge in [-0.3, -0.25) is 19.0 Å². The molecule has 0 aliphatic heterocycles. The van der Waals surface area contributed by atoms with Crippen molar-refractivity contribution in [2.45, 2.75) is 12.7 Å². The second-order valence-electron chi connectivity index (χ2n) is 5.34. The average Bonchev–Trinajstić information content (AvgIpc) is 3.17. The number of nitrogens with one attached hydrogen (secondary N) is 2. The standard InChI is InChI=1S/C14H15F3N6O4/c1-22-11(13(26)27)8(6-20-22)12(25)19-4-3-18-10(24)7-23-5-2-9(21-23)14(15,16)17/h2,5-6H,3-4,7H2,1H3,(H,18,24)(H,19,25)(H,26,27). The molecule has 2 rings (SSSR count). The van der Waals surface area contributed by atoms with Gasteiger partial charge in [-0.1, -0.05) is 0 Å². The normalized spacial score (nSPS) is 11.3. The van der Waals surface area contributed by atoms with Crippen molar-refractivity contribution < 1.29 is 32.7 Å². The summed E-state index contributed by atoms with van der Waals surface area (Å²) in [6.07, 6.45) is -2.46. The largest absolute Gasteiger partial charge is 0.477 e. The highest BCUT2D eigenvalue weighted by Crippen LogP contribution is 2.27. The zero-order chi connectivity index (χ0) is 20.2. The van der Waals surface area contributed by atoms with Crippen LogP contribution in [-0.4, -0.2) is 55.5 Å². The molecule has 0 saturated carbocycles. The third kappa shape index (κ3) is 5.05. The Labute approximate surface area is 149 Å². The lowest BCUT2D eigenvalue weighted by Crippen LogP contribution is -2.36. The lowest BCUT2D eigenvalue weighted by atomic mass is 10.2. The Bertz CT molecular complexity index is 857. The molecule has 2 aromatic heterocycles. The number of carboxylic acids is 1. The number of nitrogens with zero attached hydrogens (tertiary/aromatic N) is 4. The number of halogens is 3. The summed E-state index contributed by atoms with van der Waals surface area (Å²) < 4.78 is 39.1. The van der Waals surface area contributed by atoms with Crippen LogP contribution in [0.2, 0.25) is 0 Å². The van der Waals surface area contributed by atoms with Crippen LogP contribution in [0.15, 0.2) is 18.5 Å². The number of hydrogen-bond acceptors (Lipinski definition) is 5. The van der Waals surface area contributed by atoms with Crippen molar-refractivity contribution in [3.8, 4) is 0 Å². The van der Waals surface area contributed by atoms with Crippen LogP contribution < -0.4 is 10.6 Å². The first-order valence-electron chi connectivity index (χ1n) is 7.50. The maximum atomic E-state index is 12.4. The van der Waals surface area contributed by atoms with Gasteiger partial charge in [-0.2, -0.15) is 23.4 Å². The molecule has 2 heterocycles. The number of rotatable bonds is 7. The van der Waals surface area contributed by atoms with Crippen LogP contribution in [0.3, 0.4) is 0 Å². The number of amides is 2. The van der Waals surface area contributed by atoms with Gasteiger partial charge in [-0.15, -0.1) is 0 Å². The molecular weight excluding hydrogens is 373 g/mol. The van der Waals surface area contributed by atoms with E-state index in [4.69, 9.17) is 5.11 Å². The summed E-state index contributed by atoms with van der Waals surface area (Å²) >= 11 is 0. The maximum Gasteiger partial charge on any atom is 0.435 e. The summed E-state index contributed by atoms with van der Waals surface area (Å²) in [7, 11) is 1.37. The van der Waals surface area contributed by atoms with Gasteiger partial charge in [0.1, 0.15) is 6.54 Å². The lowest BCUT2D eigenvalue weighted by Gasteiger charge is -2.07. The molecule has 0 aliphatic rings. The smallest absolute Gasteiger partial charge is 0.435 e. The SMILES string of the molecule is Cn1ncc(C(=O)NCCNC(=O)Cn2ccc(C(F)(F)F)n2)c1C(=O)O. The van der Waals surface area contributed by atoms with E-state index in [2.05, 4.69) is 20.8 Å². The molecule has 0 unspecified atom stereocenters. The summed E-state index contributed by atoms with van der Waals surface area (Å²) in [5.41, 5.74) is -1.52. The topological polar surface area (TPSA) is 131 Å². The highest BCUT2D eigenvalue weighted by Gasteiger charge is 2.33. The van der Waals surface area contributed by atoms with Gasteiger partial charge in [0.15, 0.2) is 11.4 Å². The van der Waals surface area contributed by atoms with E-state index in [1.807, 2.05) is 0 Å². The summed E-state index contributed by atoms with van der Waals surface area (Å²) in [5, 5.41) is 20.8. The van der Waals surface area contributed by atoms with Gasteiger partial charge in [0.2, 0.25) is 5.91 Å². The molecular formula is C14H15F3N6O4. The molecule has 0 radical (unpaired) electrons. The molecule has 0 saturated heterocycles. The molecule has 2 aromatic rings. The first-order chi connectivity index (χ1) is 12.6. The minimum atomic E-state index is -4.59. The zero-order valence-corrected chi connectivity index (χ0v) is 13.9. The predicted molar refractivity (Wildman–Crippen MR) is 82.7 cm³/mol. The van der Waals surface area contributed by atoms with E-state index in [1.54, 1.807) is 0 Å². The molecule has 0 bridgehead atoms. The fourth-order valence-corrected chi connectivity index (χ4v) is 2.13. The minimum absolute atomic E-state index is 0.0133. The van der Waals surface area contributed by atoms with Crippen LogP contribution in [0.25, 0.3) is 0 Å². The number of aromatic carboxylic acids is 1. The summed E-state index contributed by atoms with van der Waals surface area (Å²) in [4.78, 5) is 34.7. The van der Waals surface area contributed by atoms with Gasteiger partial charge in [0.05, 0.1) is 11.8 Å². The number of hydrogen-bond donors (Lipinski definition) is 3. The first-order valence-corrected chi connectivity index (χ1v) is 7.50. The van der Waals surface area contributed by atoms with Crippen molar-refractivity contribution in [2.75, 3.05) is 13.1 Å². The Kier molecular flexibility index (Phi) is 5.82. The van der Waals surface area contributed by atoms with Crippen molar-refractivity contribution >= 4 is 17.8 Å². The second kappa shape index (κ2) is 7.88. The predicted octanol–water partition coefficient (Wildman–Crippen LogP) is -0.120.